The van der Waals surface area contributed by atoms with Crippen molar-refractivity contribution in [3.63, 3.8) is 0 Å². The van der Waals surface area contributed by atoms with Gasteiger partial charge in [0, 0.05) is 10.9 Å². The molecule has 1 N–H and O–H groups in total. The van der Waals surface area contributed by atoms with E-state index in [0.29, 0.717) is 6.04 Å². The summed E-state index contributed by atoms with van der Waals surface area (Å²) in [6.45, 7) is 9.78. The molecule has 1 aromatic rings. The van der Waals surface area contributed by atoms with Crippen LogP contribution in [0.3, 0.4) is 0 Å². The van der Waals surface area contributed by atoms with Crippen LogP contribution in [0.4, 0.5) is 0 Å². The second kappa shape index (κ2) is 11.2. The van der Waals surface area contributed by atoms with Gasteiger partial charge in [0.05, 0.1) is 10.7 Å². The van der Waals surface area contributed by atoms with Crippen molar-refractivity contribution in [2.45, 2.75) is 91.5 Å². The molecule has 21 heavy (non-hydrogen) atoms. The van der Waals surface area contributed by atoms with Crippen molar-refractivity contribution in [3.05, 3.63) is 15.6 Å². The first-order chi connectivity index (χ1) is 10.2. The van der Waals surface area contributed by atoms with E-state index in [9.17, 15) is 0 Å². The molecule has 122 valence electrons. The van der Waals surface area contributed by atoms with E-state index >= 15 is 0 Å². The summed E-state index contributed by atoms with van der Waals surface area (Å²) in [6, 6.07) is 0.515. The van der Waals surface area contributed by atoms with Gasteiger partial charge in [-0.3, -0.25) is 0 Å². The van der Waals surface area contributed by atoms with E-state index in [2.05, 4.69) is 38.0 Å². The molecule has 0 radical (unpaired) electrons. The molecule has 1 unspecified atom stereocenters. The second-order valence-corrected chi connectivity index (χ2v) is 7.29. The molecule has 2 nitrogen and oxygen atoms in total. The number of aryl methyl sites for hydroxylation is 2. The van der Waals surface area contributed by atoms with Gasteiger partial charge < -0.3 is 5.32 Å². The number of hydrogen-bond donors (Lipinski definition) is 1. The van der Waals surface area contributed by atoms with Crippen molar-refractivity contribution >= 4 is 11.3 Å². The van der Waals surface area contributed by atoms with Crippen LogP contribution in [0, 0.1) is 13.8 Å². The average Bonchev–Trinajstić information content (AvgIpc) is 2.79. The van der Waals surface area contributed by atoms with Crippen molar-refractivity contribution in [1.82, 2.24) is 10.3 Å². The van der Waals surface area contributed by atoms with E-state index in [1.165, 1.54) is 73.4 Å². The number of nitrogens with one attached hydrogen (secondary N) is 1. The lowest BCUT2D eigenvalue weighted by molar-refractivity contribution is 0.478. The van der Waals surface area contributed by atoms with Gasteiger partial charge in [0.1, 0.15) is 0 Å². The Labute approximate surface area is 135 Å². The largest absolute Gasteiger partial charge is 0.309 e. The first kappa shape index (κ1) is 18.6. The molecule has 0 fully saturated rings. The number of nitrogens with zero attached hydrogens (tertiary/aromatic N) is 1. The van der Waals surface area contributed by atoms with Gasteiger partial charge in [-0.15, -0.1) is 11.3 Å². The zero-order valence-corrected chi connectivity index (χ0v) is 15.3. The predicted octanol–water partition coefficient (Wildman–Crippen LogP) is 5.94. The minimum atomic E-state index is 0.515. The third-order valence-electron chi connectivity index (χ3n) is 4.05. The Morgan fingerprint density at radius 1 is 0.952 bits per heavy atom. The molecule has 0 amide bonds. The fourth-order valence-electron chi connectivity index (χ4n) is 2.92. The molecule has 0 aliphatic rings. The van der Waals surface area contributed by atoms with E-state index in [1.54, 1.807) is 0 Å². The standard InChI is InChI=1S/C18H34N2S/c1-5-7-8-9-10-11-12-13-14-17(19-6-2)18-15(3)20-16(4)21-18/h17,19H,5-14H2,1-4H3. The zero-order chi connectivity index (χ0) is 15.5. The van der Waals surface area contributed by atoms with Gasteiger partial charge in [-0.1, -0.05) is 65.2 Å². The summed E-state index contributed by atoms with van der Waals surface area (Å²) < 4.78 is 0. The van der Waals surface area contributed by atoms with E-state index < -0.39 is 0 Å². The summed E-state index contributed by atoms with van der Waals surface area (Å²) in [5.41, 5.74) is 1.23. The van der Waals surface area contributed by atoms with Crippen LogP contribution >= 0.6 is 11.3 Å². The first-order valence-electron chi connectivity index (χ1n) is 8.86. The fourth-order valence-corrected chi connectivity index (χ4v) is 3.96. The summed E-state index contributed by atoms with van der Waals surface area (Å²) >= 11 is 1.87. The summed E-state index contributed by atoms with van der Waals surface area (Å²) in [5.74, 6) is 0. The van der Waals surface area contributed by atoms with E-state index in [0.717, 1.165) is 6.54 Å². The minimum absolute atomic E-state index is 0.515. The molecule has 0 aromatic carbocycles. The number of aromatic nitrogens is 1. The summed E-state index contributed by atoms with van der Waals surface area (Å²) in [5, 5.41) is 4.84. The van der Waals surface area contributed by atoms with E-state index in [-0.39, 0.29) is 0 Å². The molecular weight excluding hydrogens is 276 g/mol. The maximum absolute atomic E-state index is 4.58. The third kappa shape index (κ3) is 7.42. The monoisotopic (exact) mass is 310 g/mol. The number of hydrogen-bond acceptors (Lipinski definition) is 3. The predicted molar refractivity (Wildman–Crippen MR) is 95.2 cm³/mol. The highest BCUT2D eigenvalue weighted by Gasteiger charge is 2.16. The molecule has 0 aliphatic heterocycles. The van der Waals surface area contributed by atoms with Crippen molar-refractivity contribution in [2.75, 3.05) is 6.54 Å². The quantitative estimate of drug-likeness (QED) is 0.483. The molecule has 3 heteroatoms. The van der Waals surface area contributed by atoms with Gasteiger partial charge in [0.2, 0.25) is 0 Å². The van der Waals surface area contributed by atoms with Crippen LogP contribution in [-0.2, 0) is 0 Å². The topological polar surface area (TPSA) is 24.9 Å². The summed E-state index contributed by atoms with van der Waals surface area (Å²) in [7, 11) is 0. The lowest BCUT2D eigenvalue weighted by Crippen LogP contribution is -2.20. The highest BCUT2D eigenvalue weighted by Crippen LogP contribution is 2.28. The molecule has 1 aromatic heterocycles. The maximum atomic E-state index is 4.58. The van der Waals surface area contributed by atoms with E-state index in [1.807, 2.05) is 11.3 Å². The van der Waals surface area contributed by atoms with Crippen LogP contribution in [0.5, 0.6) is 0 Å². The van der Waals surface area contributed by atoms with Gasteiger partial charge in [-0.05, 0) is 26.8 Å². The Balaban J connectivity index is 2.24. The van der Waals surface area contributed by atoms with Crippen molar-refractivity contribution in [1.29, 1.82) is 0 Å². The molecule has 1 heterocycles. The number of unbranched alkanes of at least 4 members (excludes halogenated alkanes) is 7. The van der Waals surface area contributed by atoms with Crippen LogP contribution in [-0.4, -0.2) is 11.5 Å². The van der Waals surface area contributed by atoms with Crippen LogP contribution in [0.2, 0.25) is 0 Å². The van der Waals surface area contributed by atoms with Crippen LogP contribution < -0.4 is 5.32 Å². The Hall–Kier alpha value is -0.410. The lowest BCUT2D eigenvalue weighted by Gasteiger charge is -2.17. The van der Waals surface area contributed by atoms with Crippen molar-refractivity contribution in [3.8, 4) is 0 Å². The normalized spacial score (nSPS) is 12.8. The number of rotatable bonds is 12. The lowest BCUT2D eigenvalue weighted by atomic mass is 10.0. The Kier molecular flexibility index (Phi) is 9.94. The van der Waals surface area contributed by atoms with Crippen LogP contribution in [0.25, 0.3) is 0 Å². The van der Waals surface area contributed by atoms with Gasteiger partial charge in [0.25, 0.3) is 0 Å². The Morgan fingerprint density at radius 2 is 1.57 bits per heavy atom. The van der Waals surface area contributed by atoms with Crippen LogP contribution in [0.1, 0.15) is 93.3 Å². The molecule has 0 saturated carbocycles. The summed E-state index contributed by atoms with van der Waals surface area (Å²) in [6.07, 6.45) is 12.4. The van der Waals surface area contributed by atoms with Crippen LogP contribution in [0.15, 0.2) is 0 Å². The highest BCUT2D eigenvalue weighted by molar-refractivity contribution is 7.11. The number of thiazole rings is 1. The Morgan fingerprint density at radius 3 is 2.10 bits per heavy atom. The molecule has 0 saturated heterocycles. The van der Waals surface area contributed by atoms with Gasteiger partial charge in [-0.2, -0.15) is 0 Å². The van der Waals surface area contributed by atoms with Crippen molar-refractivity contribution < 1.29 is 0 Å². The molecule has 1 rings (SSSR count). The smallest absolute Gasteiger partial charge is 0.0900 e. The second-order valence-electron chi connectivity index (χ2n) is 6.06. The Bertz CT molecular complexity index is 373. The highest BCUT2D eigenvalue weighted by atomic mass is 32.1. The fraction of sp³-hybridized carbons (Fsp3) is 0.833. The average molecular weight is 311 g/mol. The minimum Gasteiger partial charge on any atom is -0.309 e. The van der Waals surface area contributed by atoms with Gasteiger partial charge in [-0.25, -0.2) is 4.98 Å². The zero-order valence-electron chi connectivity index (χ0n) is 14.5. The first-order valence-corrected chi connectivity index (χ1v) is 9.68. The van der Waals surface area contributed by atoms with E-state index in [4.69, 9.17) is 0 Å². The molecule has 0 aliphatic carbocycles. The molecule has 0 spiro atoms. The van der Waals surface area contributed by atoms with Gasteiger partial charge >= 0.3 is 0 Å². The maximum Gasteiger partial charge on any atom is 0.0900 e. The summed E-state index contributed by atoms with van der Waals surface area (Å²) in [4.78, 5) is 6.03. The molecular formula is C18H34N2S. The molecule has 1 atom stereocenters. The van der Waals surface area contributed by atoms with Crippen molar-refractivity contribution in [2.24, 2.45) is 0 Å². The SMILES string of the molecule is CCCCCCCCCCC(NCC)c1sc(C)nc1C. The third-order valence-corrected chi connectivity index (χ3v) is 5.24. The molecule has 0 bridgehead atoms. The van der Waals surface area contributed by atoms with Gasteiger partial charge in [0.15, 0.2) is 0 Å².